The first-order chi connectivity index (χ1) is 11.8. The summed E-state index contributed by atoms with van der Waals surface area (Å²) < 4.78 is 53.9. The normalized spacial score (nSPS) is 20.2. The van der Waals surface area contributed by atoms with Gasteiger partial charge in [0.1, 0.15) is 5.52 Å². The van der Waals surface area contributed by atoms with E-state index in [1.54, 1.807) is 0 Å². The van der Waals surface area contributed by atoms with E-state index in [-0.39, 0.29) is 28.8 Å². The van der Waals surface area contributed by atoms with Gasteiger partial charge in [-0.25, -0.2) is 13.7 Å². The van der Waals surface area contributed by atoms with Crippen LogP contribution in [0, 0.1) is 11.7 Å². The van der Waals surface area contributed by atoms with Crippen LogP contribution in [0.25, 0.3) is 16.8 Å². The highest BCUT2D eigenvalue weighted by atomic mass is 19.4. The second kappa shape index (κ2) is 5.04. The van der Waals surface area contributed by atoms with Crippen molar-refractivity contribution >= 4 is 5.52 Å². The highest BCUT2D eigenvalue weighted by molar-refractivity contribution is 5.66. The van der Waals surface area contributed by atoms with Crippen LogP contribution in [0.1, 0.15) is 17.9 Å². The van der Waals surface area contributed by atoms with E-state index in [1.165, 1.54) is 12.3 Å². The Bertz CT molecular complexity index is 1100. The van der Waals surface area contributed by atoms with Gasteiger partial charge in [0.05, 0.1) is 17.2 Å². The van der Waals surface area contributed by atoms with Crippen molar-refractivity contribution in [2.24, 2.45) is 5.92 Å². The fourth-order valence-corrected chi connectivity index (χ4v) is 3.03. The topological polar surface area (TPSA) is 83.0 Å². The van der Waals surface area contributed by atoms with Crippen molar-refractivity contribution in [2.75, 3.05) is 0 Å². The fourth-order valence-electron chi connectivity index (χ4n) is 3.03. The Labute approximate surface area is 136 Å². The summed E-state index contributed by atoms with van der Waals surface area (Å²) in [5, 5.41) is 4.07. The van der Waals surface area contributed by atoms with Gasteiger partial charge in [0.2, 0.25) is 0 Å². The second-order valence-corrected chi connectivity index (χ2v) is 5.92. The van der Waals surface area contributed by atoms with Gasteiger partial charge < -0.3 is 4.98 Å². The number of fused-ring (bicyclic) bond motifs is 1. The molecule has 1 fully saturated rings. The maximum Gasteiger partial charge on any atom is 0.392 e. The molecule has 0 saturated heterocycles. The van der Waals surface area contributed by atoms with Crippen molar-refractivity contribution in [2.45, 2.75) is 18.5 Å². The van der Waals surface area contributed by atoms with E-state index in [0.717, 1.165) is 16.8 Å². The first kappa shape index (κ1) is 15.6. The number of H-pyrrole nitrogens is 2. The van der Waals surface area contributed by atoms with Crippen LogP contribution in [-0.4, -0.2) is 25.8 Å². The van der Waals surface area contributed by atoms with Crippen molar-refractivity contribution in [1.29, 1.82) is 0 Å². The number of aromatic amines is 2. The zero-order valence-corrected chi connectivity index (χ0v) is 12.4. The molecule has 2 unspecified atom stereocenters. The molecule has 2 N–H and O–H groups in total. The first-order valence-corrected chi connectivity index (χ1v) is 7.32. The van der Waals surface area contributed by atoms with Gasteiger partial charge >= 0.3 is 11.9 Å². The van der Waals surface area contributed by atoms with Crippen molar-refractivity contribution < 1.29 is 17.6 Å². The summed E-state index contributed by atoms with van der Waals surface area (Å²) in [4.78, 5) is 27.3. The molecule has 3 heterocycles. The van der Waals surface area contributed by atoms with Gasteiger partial charge in [-0.2, -0.15) is 18.3 Å². The van der Waals surface area contributed by atoms with Gasteiger partial charge in [0, 0.05) is 12.4 Å². The summed E-state index contributed by atoms with van der Waals surface area (Å²) in [5.41, 5.74) is -1.34. The third-order valence-corrected chi connectivity index (χ3v) is 4.30. The summed E-state index contributed by atoms with van der Waals surface area (Å²) in [6.07, 6.45) is -2.13. The Hall–Kier alpha value is -2.91. The molecule has 6 nitrogen and oxygen atoms in total. The number of aromatic nitrogens is 4. The lowest BCUT2D eigenvalue weighted by Crippen LogP contribution is -2.23. The lowest BCUT2D eigenvalue weighted by molar-refractivity contribution is -0.148. The smallest absolute Gasteiger partial charge is 0.313 e. The van der Waals surface area contributed by atoms with Crippen LogP contribution < -0.4 is 11.2 Å². The van der Waals surface area contributed by atoms with Crippen LogP contribution in [0.15, 0.2) is 34.1 Å². The van der Waals surface area contributed by atoms with Crippen LogP contribution in [0.5, 0.6) is 0 Å². The second-order valence-electron chi connectivity index (χ2n) is 5.92. The predicted molar refractivity (Wildman–Crippen MR) is 78.7 cm³/mol. The monoisotopic (exact) mass is 354 g/mol. The number of nitrogens with zero attached hydrogens (tertiary/aromatic N) is 2. The van der Waals surface area contributed by atoms with E-state index in [1.807, 2.05) is 4.98 Å². The Morgan fingerprint density at radius 1 is 1.28 bits per heavy atom. The van der Waals surface area contributed by atoms with Crippen LogP contribution in [0.4, 0.5) is 17.6 Å². The van der Waals surface area contributed by atoms with E-state index < -0.39 is 35.1 Å². The van der Waals surface area contributed by atoms with Gasteiger partial charge in [-0.1, -0.05) is 0 Å². The van der Waals surface area contributed by atoms with Gasteiger partial charge in [-0.15, -0.1) is 0 Å². The fraction of sp³-hybridized carbons (Fsp3) is 0.267. The molecule has 0 radical (unpaired) electrons. The van der Waals surface area contributed by atoms with E-state index >= 15 is 0 Å². The average molecular weight is 354 g/mol. The minimum atomic E-state index is -4.37. The third-order valence-electron chi connectivity index (χ3n) is 4.30. The molecule has 1 aliphatic rings. The molecule has 2 atom stereocenters. The number of hydrogen-bond donors (Lipinski definition) is 2. The predicted octanol–water partition coefficient (Wildman–Crippen LogP) is 2.18. The molecule has 0 spiro atoms. The number of nitrogens with one attached hydrogen (secondary N) is 2. The number of hydrogen-bond acceptors (Lipinski definition) is 3. The molecule has 0 bridgehead atoms. The zero-order valence-electron chi connectivity index (χ0n) is 12.4. The Morgan fingerprint density at radius 3 is 2.68 bits per heavy atom. The van der Waals surface area contributed by atoms with Gasteiger partial charge in [-0.3, -0.25) is 9.78 Å². The minimum Gasteiger partial charge on any atom is -0.313 e. The summed E-state index contributed by atoms with van der Waals surface area (Å²) in [5.74, 6) is -3.12. The van der Waals surface area contributed by atoms with Gasteiger partial charge in [-0.05, 0) is 30.0 Å². The highest BCUT2D eigenvalue weighted by Crippen LogP contribution is 2.57. The Balaban J connectivity index is 1.91. The number of rotatable bonds is 2. The standard InChI is InChI=1S/C15H10F4N4O2/c16-10-1-2-23-12(10)7(6-3-9(6)15(17,18)19)4-11(22-23)8-5-20-14(25)21-13(8)24/h1-2,4-6,9H,3H2,(H2,20,21,24,25). The van der Waals surface area contributed by atoms with E-state index in [4.69, 9.17) is 0 Å². The molecule has 0 amide bonds. The van der Waals surface area contributed by atoms with Gasteiger partial charge in [0.25, 0.3) is 5.56 Å². The van der Waals surface area contributed by atoms with E-state index in [9.17, 15) is 27.2 Å². The number of alkyl halides is 3. The van der Waals surface area contributed by atoms with Gasteiger partial charge in [0.15, 0.2) is 5.82 Å². The molecule has 0 aliphatic heterocycles. The molecule has 1 aliphatic carbocycles. The van der Waals surface area contributed by atoms with Crippen LogP contribution in [0.3, 0.4) is 0 Å². The SMILES string of the molecule is O=c1[nH]cc(-c2cc(C3CC3C(F)(F)F)c3c(F)ccn3n2)c(=O)[nH]1. The Kier molecular flexibility index (Phi) is 3.15. The van der Waals surface area contributed by atoms with Crippen molar-refractivity contribution in [3.63, 3.8) is 0 Å². The lowest BCUT2D eigenvalue weighted by atomic mass is 10.1. The molecule has 130 valence electrons. The molecule has 25 heavy (non-hydrogen) atoms. The first-order valence-electron chi connectivity index (χ1n) is 7.32. The van der Waals surface area contributed by atoms with Crippen molar-refractivity contribution in [3.05, 3.63) is 56.7 Å². The maximum atomic E-state index is 14.0. The lowest BCUT2D eigenvalue weighted by Gasteiger charge is -2.09. The summed E-state index contributed by atoms with van der Waals surface area (Å²) in [6, 6.07) is 2.37. The van der Waals surface area contributed by atoms with E-state index in [2.05, 4.69) is 10.1 Å². The Morgan fingerprint density at radius 2 is 2.04 bits per heavy atom. The third kappa shape index (κ3) is 2.53. The van der Waals surface area contributed by atoms with Crippen molar-refractivity contribution in [3.8, 4) is 11.3 Å². The van der Waals surface area contributed by atoms with Crippen LogP contribution >= 0.6 is 0 Å². The van der Waals surface area contributed by atoms with Crippen LogP contribution in [-0.2, 0) is 0 Å². The maximum absolute atomic E-state index is 14.0. The molecule has 3 aromatic rings. The highest BCUT2D eigenvalue weighted by Gasteiger charge is 2.56. The summed E-state index contributed by atoms with van der Waals surface area (Å²) in [6.45, 7) is 0. The molecular weight excluding hydrogens is 344 g/mol. The largest absolute Gasteiger partial charge is 0.392 e. The molecule has 10 heteroatoms. The summed E-state index contributed by atoms with van der Waals surface area (Å²) in [7, 11) is 0. The van der Waals surface area contributed by atoms with Crippen LogP contribution in [0.2, 0.25) is 0 Å². The molecule has 1 saturated carbocycles. The quantitative estimate of drug-likeness (QED) is 0.692. The summed E-state index contributed by atoms with van der Waals surface area (Å²) >= 11 is 0. The molecular formula is C15H10F4N4O2. The molecule has 3 aromatic heterocycles. The zero-order chi connectivity index (χ0) is 17.9. The average Bonchev–Trinajstić information content (AvgIpc) is 3.25. The van der Waals surface area contributed by atoms with E-state index in [0.29, 0.717) is 0 Å². The molecule has 0 aromatic carbocycles. The minimum absolute atomic E-state index is 0.0268. The van der Waals surface area contributed by atoms with Crippen molar-refractivity contribution in [1.82, 2.24) is 19.6 Å². The number of halogens is 4. The molecule has 4 rings (SSSR count).